The minimum Gasteiger partial charge on any atom is -0.494 e. The van der Waals surface area contributed by atoms with Crippen LogP contribution in [0.5, 0.6) is 5.75 Å². The molecule has 0 spiro atoms. The SMILES string of the molecule is CCOc1cc(C)ccc1CNC(=O)N1CCC[C@H]1CO. The molecule has 1 aromatic carbocycles. The lowest BCUT2D eigenvalue weighted by Crippen LogP contribution is -2.43. The van der Waals surface area contributed by atoms with Crippen molar-refractivity contribution in [3.05, 3.63) is 29.3 Å². The Morgan fingerprint density at radius 1 is 1.52 bits per heavy atom. The minimum absolute atomic E-state index is 0.0299. The standard InChI is InChI=1S/C16H24N2O3/c1-3-21-15-9-12(2)6-7-13(15)10-17-16(20)18-8-4-5-14(18)11-19/h6-7,9,14,19H,3-5,8,10-11H2,1-2H3,(H,17,20)/t14-/m0/s1. The van der Waals surface area contributed by atoms with Crippen molar-refractivity contribution in [3.63, 3.8) is 0 Å². The Bertz CT molecular complexity index is 490. The van der Waals surface area contributed by atoms with Crippen molar-refractivity contribution in [3.8, 4) is 5.75 Å². The molecule has 5 heteroatoms. The van der Waals surface area contributed by atoms with Crippen LogP contribution in [0.25, 0.3) is 0 Å². The Kier molecular flexibility index (Phi) is 5.44. The van der Waals surface area contributed by atoms with E-state index in [-0.39, 0.29) is 18.7 Å². The molecule has 0 radical (unpaired) electrons. The Morgan fingerprint density at radius 2 is 2.33 bits per heavy atom. The molecule has 2 rings (SSSR count). The van der Waals surface area contributed by atoms with Gasteiger partial charge in [0.2, 0.25) is 0 Å². The lowest BCUT2D eigenvalue weighted by Gasteiger charge is -2.23. The molecule has 1 fully saturated rings. The smallest absolute Gasteiger partial charge is 0.317 e. The maximum atomic E-state index is 12.2. The summed E-state index contributed by atoms with van der Waals surface area (Å²) >= 11 is 0. The number of nitrogens with zero attached hydrogens (tertiary/aromatic N) is 1. The minimum atomic E-state index is -0.116. The highest BCUT2D eigenvalue weighted by Gasteiger charge is 2.27. The molecule has 0 saturated carbocycles. The Morgan fingerprint density at radius 3 is 3.05 bits per heavy atom. The van der Waals surface area contributed by atoms with Crippen molar-refractivity contribution in [1.82, 2.24) is 10.2 Å². The van der Waals surface area contributed by atoms with Crippen molar-refractivity contribution >= 4 is 6.03 Å². The van der Waals surface area contributed by atoms with E-state index in [9.17, 15) is 9.90 Å². The molecule has 2 N–H and O–H groups in total. The number of hydrogen-bond donors (Lipinski definition) is 2. The molecule has 21 heavy (non-hydrogen) atoms. The summed E-state index contributed by atoms with van der Waals surface area (Å²) < 4.78 is 5.61. The average Bonchev–Trinajstić information content (AvgIpc) is 2.95. The first-order chi connectivity index (χ1) is 10.2. The van der Waals surface area contributed by atoms with Gasteiger partial charge >= 0.3 is 6.03 Å². The molecule has 2 amide bonds. The molecule has 0 unspecified atom stereocenters. The van der Waals surface area contributed by atoms with Crippen molar-refractivity contribution in [2.75, 3.05) is 19.8 Å². The van der Waals surface area contributed by atoms with Gasteiger partial charge in [-0.25, -0.2) is 4.79 Å². The van der Waals surface area contributed by atoms with Gasteiger partial charge in [-0.1, -0.05) is 12.1 Å². The summed E-state index contributed by atoms with van der Waals surface area (Å²) in [5.74, 6) is 0.818. The summed E-state index contributed by atoms with van der Waals surface area (Å²) in [4.78, 5) is 13.9. The van der Waals surface area contributed by atoms with Gasteiger partial charge in [-0.2, -0.15) is 0 Å². The monoisotopic (exact) mass is 292 g/mol. The predicted octanol–water partition coefficient (Wildman–Crippen LogP) is 2.06. The molecular formula is C16H24N2O3. The molecule has 0 aromatic heterocycles. The van der Waals surface area contributed by atoms with Crippen LogP contribution < -0.4 is 10.1 Å². The first-order valence-electron chi connectivity index (χ1n) is 7.53. The normalized spacial score (nSPS) is 17.9. The van der Waals surface area contributed by atoms with E-state index in [0.717, 1.165) is 29.7 Å². The average molecular weight is 292 g/mol. The number of benzene rings is 1. The number of amides is 2. The largest absolute Gasteiger partial charge is 0.494 e. The summed E-state index contributed by atoms with van der Waals surface area (Å²) in [6.07, 6.45) is 1.83. The number of aryl methyl sites for hydroxylation is 1. The maximum Gasteiger partial charge on any atom is 0.317 e. The number of carbonyl (C=O) groups excluding carboxylic acids is 1. The van der Waals surface area contributed by atoms with E-state index in [4.69, 9.17) is 4.74 Å². The van der Waals surface area contributed by atoms with E-state index in [1.165, 1.54) is 0 Å². The zero-order valence-corrected chi connectivity index (χ0v) is 12.8. The number of ether oxygens (including phenoxy) is 1. The molecule has 1 aliphatic rings. The summed E-state index contributed by atoms with van der Waals surface area (Å²) in [6.45, 7) is 5.74. The molecule has 0 aliphatic carbocycles. The van der Waals surface area contributed by atoms with Crippen LogP contribution in [-0.4, -0.2) is 41.8 Å². The second-order valence-corrected chi connectivity index (χ2v) is 5.37. The van der Waals surface area contributed by atoms with Crippen LogP contribution in [0.4, 0.5) is 4.79 Å². The molecule has 5 nitrogen and oxygen atoms in total. The lowest BCUT2D eigenvalue weighted by molar-refractivity contribution is 0.157. The fourth-order valence-corrected chi connectivity index (χ4v) is 2.66. The Labute approximate surface area is 125 Å². The van der Waals surface area contributed by atoms with Gasteiger partial charge in [-0.05, 0) is 38.3 Å². The van der Waals surface area contributed by atoms with Crippen LogP contribution in [0.3, 0.4) is 0 Å². The number of hydrogen-bond acceptors (Lipinski definition) is 3. The molecule has 1 aromatic rings. The van der Waals surface area contributed by atoms with Crippen LogP contribution >= 0.6 is 0 Å². The third-order valence-corrected chi connectivity index (χ3v) is 3.80. The number of rotatable bonds is 5. The highest BCUT2D eigenvalue weighted by Crippen LogP contribution is 2.21. The molecule has 0 bridgehead atoms. The highest BCUT2D eigenvalue weighted by molar-refractivity contribution is 5.75. The molecule has 1 aliphatic heterocycles. The summed E-state index contributed by atoms with van der Waals surface area (Å²) in [7, 11) is 0. The number of aliphatic hydroxyl groups is 1. The van der Waals surface area contributed by atoms with Crippen molar-refractivity contribution in [1.29, 1.82) is 0 Å². The summed E-state index contributed by atoms with van der Waals surface area (Å²) in [6, 6.07) is 5.81. The second kappa shape index (κ2) is 7.31. The molecule has 1 saturated heterocycles. The first kappa shape index (κ1) is 15.6. The van der Waals surface area contributed by atoms with E-state index < -0.39 is 0 Å². The fraction of sp³-hybridized carbons (Fsp3) is 0.562. The topological polar surface area (TPSA) is 61.8 Å². The van der Waals surface area contributed by atoms with E-state index in [0.29, 0.717) is 19.7 Å². The highest BCUT2D eigenvalue weighted by atomic mass is 16.5. The van der Waals surface area contributed by atoms with Crippen molar-refractivity contribution < 1.29 is 14.6 Å². The zero-order chi connectivity index (χ0) is 15.2. The van der Waals surface area contributed by atoms with Crippen LogP contribution in [-0.2, 0) is 6.54 Å². The van der Waals surface area contributed by atoms with Crippen LogP contribution in [0, 0.1) is 6.92 Å². The van der Waals surface area contributed by atoms with Gasteiger partial charge in [0.1, 0.15) is 5.75 Å². The third kappa shape index (κ3) is 3.88. The van der Waals surface area contributed by atoms with Crippen LogP contribution in [0.1, 0.15) is 30.9 Å². The van der Waals surface area contributed by atoms with Gasteiger partial charge in [0, 0.05) is 18.7 Å². The van der Waals surface area contributed by atoms with Gasteiger partial charge in [0.25, 0.3) is 0 Å². The summed E-state index contributed by atoms with van der Waals surface area (Å²) in [5, 5.41) is 12.2. The van der Waals surface area contributed by atoms with Crippen molar-refractivity contribution in [2.24, 2.45) is 0 Å². The van der Waals surface area contributed by atoms with E-state index in [1.54, 1.807) is 4.90 Å². The number of aliphatic hydroxyl groups excluding tert-OH is 1. The van der Waals surface area contributed by atoms with Crippen LogP contribution in [0.2, 0.25) is 0 Å². The quantitative estimate of drug-likeness (QED) is 0.873. The number of urea groups is 1. The van der Waals surface area contributed by atoms with E-state index in [1.807, 2.05) is 32.0 Å². The fourth-order valence-electron chi connectivity index (χ4n) is 2.66. The van der Waals surface area contributed by atoms with Gasteiger partial charge in [0.05, 0.1) is 19.3 Å². The van der Waals surface area contributed by atoms with Gasteiger partial charge in [-0.15, -0.1) is 0 Å². The number of nitrogens with one attached hydrogen (secondary N) is 1. The number of likely N-dealkylation sites (tertiary alicyclic amines) is 1. The molecule has 1 atom stereocenters. The molecule has 1 heterocycles. The molecule has 116 valence electrons. The first-order valence-corrected chi connectivity index (χ1v) is 7.53. The Hall–Kier alpha value is -1.75. The Balaban J connectivity index is 1.97. The van der Waals surface area contributed by atoms with E-state index >= 15 is 0 Å². The van der Waals surface area contributed by atoms with E-state index in [2.05, 4.69) is 5.32 Å². The van der Waals surface area contributed by atoms with Gasteiger partial charge < -0.3 is 20.1 Å². The second-order valence-electron chi connectivity index (χ2n) is 5.37. The maximum absolute atomic E-state index is 12.2. The van der Waals surface area contributed by atoms with Gasteiger partial charge in [0.15, 0.2) is 0 Å². The number of carbonyl (C=O) groups is 1. The van der Waals surface area contributed by atoms with Gasteiger partial charge in [-0.3, -0.25) is 0 Å². The van der Waals surface area contributed by atoms with Crippen molar-refractivity contribution in [2.45, 2.75) is 39.3 Å². The molecular weight excluding hydrogens is 268 g/mol. The predicted molar refractivity (Wildman–Crippen MR) is 81.4 cm³/mol. The third-order valence-electron chi connectivity index (χ3n) is 3.80. The van der Waals surface area contributed by atoms with Crippen LogP contribution in [0.15, 0.2) is 18.2 Å². The summed E-state index contributed by atoms with van der Waals surface area (Å²) in [5.41, 5.74) is 2.10. The lowest BCUT2D eigenvalue weighted by atomic mass is 10.1. The zero-order valence-electron chi connectivity index (χ0n) is 12.8.